The number of halogens is 2. The Labute approximate surface area is 116 Å². The zero-order valence-corrected chi connectivity index (χ0v) is 11.4. The molecule has 0 N–H and O–H groups in total. The van der Waals surface area contributed by atoms with E-state index in [9.17, 15) is 9.18 Å². The maximum Gasteiger partial charge on any atom is 0.255 e. The predicted molar refractivity (Wildman–Crippen MR) is 70.3 cm³/mol. The van der Waals surface area contributed by atoms with Gasteiger partial charge >= 0.3 is 0 Å². The largest absolute Gasteiger partial charge is 0.338 e. The van der Waals surface area contributed by atoms with Gasteiger partial charge in [-0.2, -0.15) is 5.26 Å². The molecule has 1 amide bonds. The van der Waals surface area contributed by atoms with Crippen molar-refractivity contribution in [3.63, 3.8) is 0 Å². The summed E-state index contributed by atoms with van der Waals surface area (Å²) in [6.07, 6.45) is 1.29. The molecule has 0 atom stereocenters. The van der Waals surface area contributed by atoms with E-state index in [2.05, 4.69) is 6.07 Å². The van der Waals surface area contributed by atoms with Crippen LogP contribution in [0.15, 0.2) is 18.2 Å². The number of hydrogen-bond donors (Lipinski definition) is 0. The molecular weight excluding hydrogens is 267 g/mol. The van der Waals surface area contributed by atoms with Crippen LogP contribution in [0.3, 0.4) is 0 Å². The number of carbonyl (C=O) groups excluding carboxylic acids is 1. The molecule has 1 heterocycles. The second-order valence-electron chi connectivity index (χ2n) is 5.09. The summed E-state index contributed by atoms with van der Waals surface area (Å²) in [7, 11) is 0. The van der Waals surface area contributed by atoms with Crippen molar-refractivity contribution in [2.24, 2.45) is 5.41 Å². The number of amides is 1. The van der Waals surface area contributed by atoms with Crippen molar-refractivity contribution in [3.8, 4) is 6.07 Å². The third-order valence-corrected chi connectivity index (χ3v) is 3.90. The summed E-state index contributed by atoms with van der Waals surface area (Å²) in [5.74, 6) is -0.665. The molecule has 3 nitrogen and oxygen atoms in total. The Hall–Kier alpha value is -1.60. The third kappa shape index (κ3) is 2.87. The molecule has 1 aliphatic heterocycles. The zero-order valence-electron chi connectivity index (χ0n) is 10.6. The van der Waals surface area contributed by atoms with E-state index in [-0.39, 0.29) is 16.3 Å². The molecule has 1 aliphatic rings. The summed E-state index contributed by atoms with van der Waals surface area (Å²) in [4.78, 5) is 13.9. The Balaban J connectivity index is 2.12. The van der Waals surface area contributed by atoms with E-state index in [0.717, 1.165) is 6.07 Å². The topological polar surface area (TPSA) is 44.1 Å². The summed E-state index contributed by atoms with van der Waals surface area (Å²) in [5.41, 5.74) is -0.0489. The number of piperidine rings is 1. The lowest BCUT2D eigenvalue weighted by molar-refractivity contribution is 0.0662. The van der Waals surface area contributed by atoms with Crippen LogP contribution in [0.2, 0.25) is 5.02 Å². The first-order valence-corrected chi connectivity index (χ1v) is 6.48. The highest BCUT2D eigenvalue weighted by atomic mass is 35.5. The maximum atomic E-state index is 13.0. The van der Waals surface area contributed by atoms with Crippen LogP contribution in [-0.2, 0) is 0 Å². The fourth-order valence-corrected chi connectivity index (χ4v) is 2.40. The monoisotopic (exact) mass is 280 g/mol. The fraction of sp³-hybridized carbons (Fsp3) is 0.429. The Morgan fingerprint density at radius 2 is 2.11 bits per heavy atom. The van der Waals surface area contributed by atoms with Gasteiger partial charge in [-0.3, -0.25) is 4.79 Å². The number of rotatable bonds is 1. The van der Waals surface area contributed by atoms with Crippen molar-refractivity contribution in [1.82, 2.24) is 4.90 Å². The van der Waals surface area contributed by atoms with Gasteiger partial charge in [0.1, 0.15) is 5.82 Å². The minimum Gasteiger partial charge on any atom is -0.338 e. The van der Waals surface area contributed by atoms with Crippen LogP contribution in [-0.4, -0.2) is 23.9 Å². The lowest BCUT2D eigenvalue weighted by atomic mass is 9.82. The minimum atomic E-state index is -0.461. The molecule has 2 rings (SSSR count). The Morgan fingerprint density at radius 1 is 1.47 bits per heavy atom. The number of nitriles is 1. The quantitative estimate of drug-likeness (QED) is 0.793. The Kier molecular flexibility index (Phi) is 3.77. The van der Waals surface area contributed by atoms with E-state index < -0.39 is 5.82 Å². The second-order valence-corrected chi connectivity index (χ2v) is 5.50. The number of likely N-dealkylation sites (tertiary alicyclic amines) is 1. The van der Waals surface area contributed by atoms with E-state index in [4.69, 9.17) is 16.9 Å². The predicted octanol–water partition coefficient (Wildman–Crippen LogP) is 3.24. The summed E-state index contributed by atoms with van der Waals surface area (Å²) in [6.45, 7) is 2.95. The molecule has 0 bridgehead atoms. The summed E-state index contributed by atoms with van der Waals surface area (Å²) in [6, 6.07) is 6.05. The number of carbonyl (C=O) groups is 1. The molecule has 0 saturated carbocycles. The van der Waals surface area contributed by atoms with Crippen molar-refractivity contribution in [2.45, 2.75) is 19.8 Å². The maximum absolute atomic E-state index is 13.0. The minimum absolute atomic E-state index is 0.124. The molecule has 5 heteroatoms. The molecule has 100 valence electrons. The van der Waals surface area contributed by atoms with Gasteiger partial charge in [-0.25, -0.2) is 4.39 Å². The van der Waals surface area contributed by atoms with E-state index >= 15 is 0 Å². The van der Waals surface area contributed by atoms with Crippen LogP contribution in [0.25, 0.3) is 0 Å². The average molecular weight is 281 g/mol. The van der Waals surface area contributed by atoms with Gasteiger partial charge < -0.3 is 4.90 Å². The van der Waals surface area contributed by atoms with Crippen molar-refractivity contribution >= 4 is 17.5 Å². The van der Waals surface area contributed by atoms with Crippen molar-refractivity contribution < 1.29 is 9.18 Å². The van der Waals surface area contributed by atoms with Crippen molar-refractivity contribution in [2.75, 3.05) is 13.1 Å². The van der Waals surface area contributed by atoms with Crippen LogP contribution in [0.1, 0.15) is 30.1 Å². The number of nitrogens with zero attached hydrogens (tertiary/aromatic N) is 2. The SMILES string of the molecule is CC1(C#N)CCN(C(=O)c2ccc(F)cc2Cl)CC1. The van der Waals surface area contributed by atoms with Crippen LogP contribution in [0.5, 0.6) is 0 Å². The second kappa shape index (κ2) is 5.18. The molecule has 0 spiro atoms. The van der Waals surface area contributed by atoms with Crippen molar-refractivity contribution in [3.05, 3.63) is 34.6 Å². The van der Waals surface area contributed by atoms with Gasteiger partial charge in [0.2, 0.25) is 0 Å². The van der Waals surface area contributed by atoms with E-state index in [1.807, 2.05) is 6.92 Å². The first-order valence-electron chi connectivity index (χ1n) is 6.11. The highest BCUT2D eigenvalue weighted by molar-refractivity contribution is 6.33. The van der Waals surface area contributed by atoms with Gasteiger partial charge in [-0.1, -0.05) is 11.6 Å². The number of benzene rings is 1. The third-order valence-electron chi connectivity index (χ3n) is 3.59. The van der Waals surface area contributed by atoms with Crippen molar-refractivity contribution in [1.29, 1.82) is 5.26 Å². The first-order chi connectivity index (χ1) is 8.95. The average Bonchev–Trinajstić information content (AvgIpc) is 2.39. The lowest BCUT2D eigenvalue weighted by Gasteiger charge is -2.35. The van der Waals surface area contributed by atoms with E-state index in [1.54, 1.807) is 4.90 Å². The highest BCUT2D eigenvalue weighted by Gasteiger charge is 2.32. The van der Waals surface area contributed by atoms with Crippen LogP contribution < -0.4 is 0 Å². The Morgan fingerprint density at radius 3 is 2.63 bits per heavy atom. The smallest absolute Gasteiger partial charge is 0.255 e. The van der Waals surface area contributed by atoms with E-state index in [0.29, 0.717) is 31.5 Å². The lowest BCUT2D eigenvalue weighted by Crippen LogP contribution is -2.41. The molecule has 1 aromatic rings. The van der Waals surface area contributed by atoms with Crippen LogP contribution in [0, 0.1) is 22.6 Å². The normalized spacial score (nSPS) is 17.9. The molecule has 0 aromatic heterocycles. The molecule has 1 fully saturated rings. The highest BCUT2D eigenvalue weighted by Crippen LogP contribution is 2.31. The molecular formula is C14H14ClFN2O. The molecule has 0 aliphatic carbocycles. The Bertz CT molecular complexity index is 545. The summed E-state index contributed by atoms with van der Waals surface area (Å²) < 4.78 is 13.0. The first kappa shape index (κ1) is 13.8. The zero-order chi connectivity index (χ0) is 14.0. The van der Waals surface area contributed by atoms with E-state index in [1.165, 1.54) is 12.1 Å². The fourth-order valence-electron chi connectivity index (χ4n) is 2.15. The van der Waals surface area contributed by atoms with Gasteiger partial charge in [0.25, 0.3) is 5.91 Å². The molecule has 0 unspecified atom stereocenters. The molecule has 0 radical (unpaired) electrons. The van der Waals surface area contributed by atoms with Gasteiger partial charge in [0, 0.05) is 13.1 Å². The van der Waals surface area contributed by atoms with Gasteiger partial charge in [0.05, 0.1) is 22.1 Å². The summed E-state index contributed by atoms with van der Waals surface area (Å²) in [5, 5.41) is 9.17. The molecule has 1 saturated heterocycles. The van der Waals surface area contributed by atoms with Gasteiger partial charge in [0.15, 0.2) is 0 Å². The van der Waals surface area contributed by atoms with Gasteiger partial charge in [-0.05, 0) is 38.0 Å². The molecule has 1 aromatic carbocycles. The molecule has 19 heavy (non-hydrogen) atoms. The summed E-state index contributed by atoms with van der Waals surface area (Å²) >= 11 is 5.89. The van der Waals surface area contributed by atoms with Gasteiger partial charge in [-0.15, -0.1) is 0 Å². The van der Waals surface area contributed by atoms with Crippen LogP contribution in [0.4, 0.5) is 4.39 Å². The standard InChI is InChI=1S/C14H14ClFN2O/c1-14(9-17)4-6-18(7-5-14)13(19)11-3-2-10(16)8-12(11)15/h2-3,8H,4-7H2,1H3. The van der Waals surface area contributed by atoms with Crippen LogP contribution >= 0.6 is 11.6 Å². The number of hydrogen-bond acceptors (Lipinski definition) is 2.